The molecule has 0 aliphatic carbocycles. The van der Waals surface area contributed by atoms with E-state index in [1.54, 1.807) is 0 Å². The number of hydrogen-bond acceptors (Lipinski definition) is 21. The Morgan fingerprint density at radius 3 is 0.333 bits per heavy atom. The van der Waals surface area contributed by atoms with E-state index in [4.69, 9.17) is 169 Å². The number of nitrogens with two attached hydrogens (primary N) is 6. The summed E-state index contributed by atoms with van der Waals surface area (Å²) in [6.07, 6.45) is 1.82. The SMILES string of the molecule is CC(=O)O.CC(=O)O.CC(=O)O.CC(=O)O.CC(=O)O.CC(=O)O.CC(=O)O.CC(=O)O.CC(=O)O.CC(=O)O.CC(=O)O.CC(=O)O.NCC(N)CCO.NCC(N)CCO.NCC(N)CCO.[Na].[Na].[Na]. The number of carboxylic acid groups (broad SMARTS) is 12. The predicted octanol–water partition coefficient (Wildman–Crippen LogP) is -4.09. The van der Waals surface area contributed by atoms with Gasteiger partial charge >= 0.3 is 0 Å². The molecule has 3 unspecified atom stereocenters. The molecule has 0 aromatic heterocycles. The summed E-state index contributed by atoms with van der Waals surface area (Å²) in [7, 11) is 0. The summed E-state index contributed by atoms with van der Waals surface area (Å²) in [5.41, 5.74) is 31.3. The molecule has 0 aromatic rings. The third kappa shape index (κ3) is 2220. The van der Waals surface area contributed by atoms with Crippen molar-refractivity contribution >= 4 is 160 Å². The molecule has 3 radical (unpaired) electrons. The predicted molar refractivity (Wildman–Crippen MR) is 263 cm³/mol. The number of rotatable bonds is 9. The van der Waals surface area contributed by atoms with Gasteiger partial charge in [-0.05, 0) is 19.3 Å². The Bertz CT molecular complexity index is 895. The van der Waals surface area contributed by atoms with Crippen LogP contribution in [0.5, 0.6) is 0 Å². The van der Waals surface area contributed by atoms with E-state index in [1.165, 1.54) is 0 Å². The molecule has 0 saturated carbocycles. The van der Waals surface area contributed by atoms with Crippen LogP contribution in [0.3, 0.4) is 0 Å². The number of carboxylic acids is 12. The topological polar surface area (TPSA) is 664 Å². The van der Waals surface area contributed by atoms with E-state index in [-0.39, 0.29) is 127 Å². The molecule has 27 N–H and O–H groups in total. The van der Waals surface area contributed by atoms with Crippen LogP contribution in [0.1, 0.15) is 102 Å². The molecular formula is C36H84N6Na3O27. The largest absolute Gasteiger partial charge is 0.481 e. The number of carbonyl (C=O) groups is 12. The first-order chi connectivity index (χ1) is 30.7. The molecule has 0 aliphatic rings. The summed E-state index contributed by atoms with van der Waals surface area (Å²) in [6.45, 7) is 14.8. The average molecular weight is 1100 g/mol. The number of aliphatic carboxylic acids is 12. The smallest absolute Gasteiger partial charge is 0.300 e. The number of aliphatic hydroxyl groups excluding tert-OH is 3. The van der Waals surface area contributed by atoms with Gasteiger partial charge in [0.15, 0.2) is 0 Å². The summed E-state index contributed by atoms with van der Waals surface area (Å²) >= 11 is 0. The van der Waals surface area contributed by atoms with E-state index >= 15 is 0 Å². The zero-order chi connectivity index (χ0) is 60.0. The van der Waals surface area contributed by atoms with Gasteiger partial charge in [-0.3, -0.25) is 57.5 Å². The maximum Gasteiger partial charge on any atom is 0.300 e. The monoisotopic (exact) mass is 1100 g/mol. The van der Waals surface area contributed by atoms with Crippen LogP contribution in [0.15, 0.2) is 0 Å². The molecule has 0 aliphatic heterocycles. The minimum atomic E-state index is -0.833. The van der Waals surface area contributed by atoms with Crippen molar-refractivity contribution in [1.29, 1.82) is 0 Å². The van der Waals surface area contributed by atoms with Gasteiger partial charge in [0, 0.05) is 229 Å². The van der Waals surface area contributed by atoms with Gasteiger partial charge in [0.05, 0.1) is 0 Å². The molecular weight excluding hydrogens is 1020 g/mol. The Kier molecular flexibility index (Phi) is 199. The summed E-state index contributed by atoms with van der Waals surface area (Å²) in [6, 6.07) is -0.0694. The molecule has 0 rings (SSSR count). The van der Waals surface area contributed by atoms with Gasteiger partial charge in [0.1, 0.15) is 0 Å². The molecule has 423 valence electrons. The van der Waals surface area contributed by atoms with E-state index in [2.05, 4.69) is 0 Å². The van der Waals surface area contributed by atoms with Gasteiger partial charge in [-0.1, -0.05) is 0 Å². The first-order valence-electron chi connectivity index (χ1n) is 18.3. The van der Waals surface area contributed by atoms with Gasteiger partial charge in [-0.25, -0.2) is 0 Å². The van der Waals surface area contributed by atoms with Crippen molar-refractivity contribution in [3.05, 3.63) is 0 Å². The maximum absolute atomic E-state index is 9.00. The molecule has 0 saturated heterocycles. The van der Waals surface area contributed by atoms with E-state index in [9.17, 15) is 0 Å². The van der Waals surface area contributed by atoms with Crippen molar-refractivity contribution in [2.24, 2.45) is 34.4 Å². The molecule has 0 aromatic carbocycles. The van der Waals surface area contributed by atoms with Crippen molar-refractivity contribution in [1.82, 2.24) is 0 Å². The number of hydrogen-bond donors (Lipinski definition) is 21. The van der Waals surface area contributed by atoms with E-state index in [0.717, 1.165) is 83.1 Å². The molecule has 33 nitrogen and oxygen atoms in total. The average Bonchev–Trinajstić information content (AvgIpc) is 3.06. The molecule has 3 atom stereocenters. The van der Waals surface area contributed by atoms with E-state index in [1.807, 2.05) is 0 Å². The Hall–Kier alpha value is -3.72. The van der Waals surface area contributed by atoms with Crippen molar-refractivity contribution in [3.8, 4) is 0 Å². The summed E-state index contributed by atoms with van der Waals surface area (Å²) in [5.74, 6) is -10.0. The van der Waals surface area contributed by atoms with Gasteiger partial charge in [0.25, 0.3) is 71.6 Å². The van der Waals surface area contributed by atoms with Crippen LogP contribution in [0.4, 0.5) is 0 Å². The van der Waals surface area contributed by atoms with E-state index in [0.29, 0.717) is 38.9 Å². The standard InChI is InChI=1S/3C4H12N2O.12C2H4O2.3Na/c3*5-3-4(6)1-2-7;12*1-2(3)4;;;/h3*4,7H,1-3,5-6H2;12*1H3,(H,3,4);;;. The van der Waals surface area contributed by atoms with Gasteiger partial charge in [-0.2, -0.15) is 0 Å². The number of aliphatic hydroxyl groups is 3. The molecule has 0 fully saturated rings. The zero-order valence-electron chi connectivity index (χ0n) is 44.2. The van der Waals surface area contributed by atoms with Crippen molar-refractivity contribution in [2.45, 2.75) is 120 Å². The minimum Gasteiger partial charge on any atom is -0.481 e. The van der Waals surface area contributed by atoms with Crippen LogP contribution >= 0.6 is 0 Å². The van der Waals surface area contributed by atoms with Crippen LogP contribution < -0.4 is 34.4 Å². The fraction of sp³-hybridized carbons (Fsp3) is 0.667. The quantitative estimate of drug-likeness (QED) is 0.0976. The minimum absolute atomic E-state index is 0. The zero-order valence-corrected chi connectivity index (χ0v) is 50.2. The molecule has 0 spiro atoms. The first kappa shape index (κ1) is 122. The van der Waals surface area contributed by atoms with Crippen molar-refractivity contribution < 1.29 is 134 Å². The fourth-order valence-electron chi connectivity index (χ4n) is 0.851. The fourth-order valence-corrected chi connectivity index (χ4v) is 0.851. The van der Waals surface area contributed by atoms with Crippen LogP contribution in [-0.2, 0) is 57.5 Å². The van der Waals surface area contributed by atoms with Crippen LogP contribution in [0, 0.1) is 0 Å². The second-order valence-corrected chi connectivity index (χ2v) is 10.8. The molecule has 0 heterocycles. The summed E-state index contributed by atoms with van der Waals surface area (Å²) in [4.78, 5) is 108. The molecule has 0 bridgehead atoms. The summed E-state index contributed by atoms with van der Waals surface area (Å²) < 4.78 is 0. The van der Waals surface area contributed by atoms with Crippen LogP contribution in [0.25, 0.3) is 0 Å². The van der Waals surface area contributed by atoms with Gasteiger partial charge in [0.2, 0.25) is 0 Å². The maximum atomic E-state index is 9.00. The Labute approximate surface area is 485 Å². The van der Waals surface area contributed by atoms with Gasteiger partial charge in [-0.15, -0.1) is 0 Å². The van der Waals surface area contributed by atoms with Crippen molar-refractivity contribution in [3.63, 3.8) is 0 Å². The molecule has 72 heavy (non-hydrogen) atoms. The van der Waals surface area contributed by atoms with Gasteiger partial charge < -0.3 is 111 Å². The Morgan fingerprint density at radius 2 is 0.319 bits per heavy atom. The van der Waals surface area contributed by atoms with Crippen molar-refractivity contribution in [2.75, 3.05) is 39.5 Å². The van der Waals surface area contributed by atoms with Crippen LogP contribution in [-0.4, -0.2) is 294 Å². The van der Waals surface area contributed by atoms with E-state index < -0.39 is 71.6 Å². The molecule has 36 heteroatoms. The third-order valence-corrected chi connectivity index (χ3v) is 2.41. The Balaban J connectivity index is -0.0000000272. The Morgan fingerprint density at radius 1 is 0.264 bits per heavy atom. The van der Waals surface area contributed by atoms with Crippen LogP contribution in [0.2, 0.25) is 0 Å². The summed E-state index contributed by atoms with van der Waals surface area (Å²) in [5, 5.41) is 114. The molecule has 0 amide bonds. The third-order valence-electron chi connectivity index (χ3n) is 2.41. The normalized spacial score (nSPS) is 8.29. The first-order valence-corrected chi connectivity index (χ1v) is 18.3. The second-order valence-electron chi connectivity index (χ2n) is 10.8. The second kappa shape index (κ2) is 117.